The Hall–Kier alpha value is -1.54. The Morgan fingerprint density at radius 1 is 1.16 bits per heavy atom. The van der Waals surface area contributed by atoms with Crippen molar-refractivity contribution in [2.45, 2.75) is 12.8 Å². The maximum absolute atomic E-state index is 10.6. The lowest BCUT2D eigenvalue weighted by molar-refractivity contribution is -0.126. The number of hydrogen-bond acceptors (Lipinski definition) is 4. The van der Waals surface area contributed by atoms with Crippen molar-refractivity contribution < 1.29 is 24.3 Å². The Kier molecular flexibility index (Phi) is 12.0. The van der Waals surface area contributed by atoms with Crippen LogP contribution < -0.4 is 11.5 Å². The number of hydrogen-bond donors (Lipinski definition) is 3. The molecular formula is C9H15Cl2N3O5. The Balaban J connectivity index is 0. The Morgan fingerprint density at radius 2 is 1.53 bits per heavy atom. The second-order valence-electron chi connectivity index (χ2n) is 3.13. The van der Waals surface area contributed by atoms with Crippen LogP contribution in [-0.4, -0.2) is 52.1 Å². The molecule has 0 atom stereocenters. The minimum atomic E-state index is -1.13. The van der Waals surface area contributed by atoms with Crippen LogP contribution in [0.25, 0.3) is 0 Å². The van der Waals surface area contributed by atoms with Crippen LogP contribution in [0.5, 0.6) is 0 Å². The van der Waals surface area contributed by atoms with Crippen LogP contribution in [0.1, 0.15) is 12.8 Å². The van der Waals surface area contributed by atoms with Crippen molar-refractivity contribution in [1.82, 2.24) is 4.90 Å². The van der Waals surface area contributed by atoms with Gasteiger partial charge in [-0.2, -0.15) is 0 Å². The first-order valence-electron chi connectivity index (χ1n) is 4.98. The molecule has 1 aliphatic rings. The van der Waals surface area contributed by atoms with Crippen molar-refractivity contribution in [3.8, 4) is 0 Å². The van der Waals surface area contributed by atoms with Crippen LogP contribution in [0.3, 0.4) is 0 Å². The van der Waals surface area contributed by atoms with E-state index in [1.54, 1.807) is 0 Å². The van der Waals surface area contributed by atoms with Crippen LogP contribution in [0, 0.1) is 0 Å². The number of rotatable bonds is 2. The van der Waals surface area contributed by atoms with E-state index in [4.69, 9.17) is 28.3 Å². The number of likely N-dealkylation sites (tertiary alicyclic amines) is 1. The highest BCUT2D eigenvalue weighted by Crippen LogP contribution is 2.08. The summed E-state index contributed by atoms with van der Waals surface area (Å²) in [6, 6.07) is 0. The molecule has 0 aromatic carbocycles. The van der Waals surface area contributed by atoms with Gasteiger partial charge in [-0.15, -0.1) is 23.2 Å². The van der Waals surface area contributed by atoms with Crippen molar-refractivity contribution in [3.05, 3.63) is 0 Å². The van der Waals surface area contributed by atoms with E-state index >= 15 is 0 Å². The highest BCUT2D eigenvalue weighted by Gasteiger charge is 2.25. The summed E-state index contributed by atoms with van der Waals surface area (Å²) in [5.74, 6) is -1.40. The number of halogens is 2. The first-order valence-corrected chi connectivity index (χ1v) is 6.05. The third-order valence-corrected chi connectivity index (χ3v) is 2.09. The fourth-order valence-electron chi connectivity index (χ4n) is 0.850. The average Bonchev–Trinajstić information content (AvgIpc) is 2.77. The highest BCUT2D eigenvalue weighted by molar-refractivity contribution is 6.27. The van der Waals surface area contributed by atoms with Crippen LogP contribution in [0.4, 0.5) is 4.79 Å². The number of alkyl halides is 2. The maximum Gasteiger partial charge on any atom is 0.414 e. The average molecular weight is 316 g/mol. The number of nitrogens with two attached hydrogens (primary N) is 2. The van der Waals surface area contributed by atoms with E-state index < -0.39 is 17.9 Å². The molecule has 110 valence electrons. The molecule has 10 heteroatoms. The fraction of sp³-hybridized carbons (Fsp3) is 0.556. The summed E-state index contributed by atoms with van der Waals surface area (Å²) in [5, 5.41) is 8.29. The predicted octanol–water partition coefficient (Wildman–Crippen LogP) is -0.292. The molecule has 0 aromatic rings. The Labute approximate surface area is 119 Å². The SMILES string of the molecule is NC(=O)CCl.NC(=O)CCl.O=C(O)N1CCCC1=O. The molecule has 0 radical (unpaired) electrons. The lowest BCUT2D eigenvalue weighted by Gasteiger charge is -2.05. The molecular weight excluding hydrogens is 301 g/mol. The molecule has 4 amide bonds. The van der Waals surface area contributed by atoms with Gasteiger partial charge in [0.05, 0.1) is 0 Å². The van der Waals surface area contributed by atoms with Gasteiger partial charge in [-0.25, -0.2) is 9.69 Å². The monoisotopic (exact) mass is 315 g/mol. The van der Waals surface area contributed by atoms with Crippen molar-refractivity contribution >= 4 is 47.0 Å². The topological polar surface area (TPSA) is 144 Å². The standard InChI is InChI=1S/C5H7NO3.2C2H4ClNO/c7-4-2-1-3-6(4)5(8)9;2*3-1-2(4)5/h1-3H2,(H,8,9);2*1H2,(H2,4,5). The number of carbonyl (C=O) groups is 4. The molecule has 1 fully saturated rings. The molecule has 0 aliphatic carbocycles. The van der Waals surface area contributed by atoms with Gasteiger partial charge in [-0.3, -0.25) is 14.4 Å². The molecule has 5 N–H and O–H groups in total. The number of primary amides is 2. The van der Waals surface area contributed by atoms with E-state index in [0.717, 1.165) is 4.90 Å². The summed E-state index contributed by atoms with van der Waals surface area (Å²) < 4.78 is 0. The Morgan fingerprint density at radius 3 is 1.63 bits per heavy atom. The van der Waals surface area contributed by atoms with E-state index in [2.05, 4.69) is 11.5 Å². The van der Waals surface area contributed by atoms with E-state index in [0.29, 0.717) is 19.4 Å². The van der Waals surface area contributed by atoms with Gasteiger partial charge in [0.1, 0.15) is 11.8 Å². The van der Waals surface area contributed by atoms with Crippen LogP contribution in [0.15, 0.2) is 0 Å². The molecule has 1 heterocycles. The van der Waals surface area contributed by atoms with E-state index in [9.17, 15) is 19.2 Å². The zero-order valence-electron chi connectivity index (χ0n) is 9.97. The van der Waals surface area contributed by atoms with Gasteiger partial charge in [0.15, 0.2) is 0 Å². The third-order valence-electron chi connectivity index (χ3n) is 1.57. The van der Waals surface area contributed by atoms with Crippen molar-refractivity contribution in [2.75, 3.05) is 18.3 Å². The van der Waals surface area contributed by atoms with Gasteiger partial charge in [-0.05, 0) is 6.42 Å². The van der Waals surface area contributed by atoms with Crippen molar-refractivity contribution in [2.24, 2.45) is 11.5 Å². The van der Waals surface area contributed by atoms with Gasteiger partial charge in [-0.1, -0.05) is 0 Å². The molecule has 0 aromatic heterocycles. The molecule has 0 spiro atoms. The number of nitrogens with zero attached hydrogens (tertiary/aromatic N) is 1. The molecule has 0 saturated carbocycles. The van der Waals surface area contributed by atoms with Gasteiger partial charge in [0, 0.05) is 13.0 Å². The van der Waals surface area contributed by atoms with Gasteiger partial charge in [0.2, 0.25) is 17.7 Å². The molecule has 19 heavy (non-hydrogen) atoms. The molecule has 1 rings (SSSR count). The number of imide groups is 1. The number of carboxylic acid groups (broad SMARTS) is 1. The fourth-order valence-corrected chi connectivity index (χ4v) is 0.850. The first-order chi connectivity index (χ1) is 8.76. The van der Waals surface area contributed by atoms with Crippen molar-refractivity contribution in [3.63, 3.8) is 0 Å². The molecule has 8 nitrogen and oxygen atoms in total. The van der Waals surface area contributed by atoms with Gasteiger partial charge in [0.25, 0.3) is 0 Å². The zero-order chi connectivity index (χ0) is 15.4. The summed E-state index contributed by atoms with van der Waals surface area (Å²) in [5.41, 5.74) is 9.04. The van der Waals surface area contributed by atoms with Crippen LogP contribution in [-0.2, 0) is 14.4 Å². The van der Waals surface area contributed by atoms with E-state index in [1.165, 1.54) is 0 Å². The van der Waals surface area contributed by atoms with E-state index in [1.807, 2.05) is 0 Å². The number of amides is 4. The zero-order valence-corrected chi connectivity index (χ0v) is 11.5. The number of carbonyl (C=O) groups excluding carboxylic acids is 3. The second kappa shape index (κ2) is 11.5. The molecule has 1 saturated heterocycles. The third kappa shape index (κ3) is 12.7. The van der Waals surface area contributed by atoms with E-state index in [-0.39, 0.29) is 17.7 Å². The molecule has 0 bridgehead atoms. The summed E-state index contributed by atoms with van der Waals surface area (Å²) in [7, 11) is 0. The second-order valence-corrected chi connectivity index (χ2v) is 3.67. The van der Waals surface area contributed by atoms with Crippen LogP contribution >= 0.6 is 23.2 Å². The highest BCUT2D eigenvalue weighted by atomic mass is 35.5. The maximum atomic E-state index is 10.6. The lowest BCUT2D eigenvalue weighted by atomic mass is 10.4. The quantitative estimate of drug-likeness (QED) is 0.599. The largest absolute Gasteiger partial charge is 0.465 e. The first kappa shape index (κ1) is 19.8. The van der Waals surface area contributed by atoms with Crippen LogP contribution in [0.2, 0.25) is 0 Å². The summed E-state index contributed by atoms with van der Waals surface area (Å²) >= 11 is 9.72. The summed E-state index contributed by atoms with van der Waals surface area (Å²) in [4.78, 5) is 40.4. The lowest BCUT2D eigenvalue weighted by Crippen LogP contribution is -2.29. The minimum Gasteiger partial charge on any atom is -0.465 e. The van der Waals surface area contributed by atoms with Crippen molar-refractivity contribution in [1.29, 1.82) is 0 Å². The van der Waals surface area contributed by atoms with Gasteiger partial charge < -0.3 is 16.6 Å². The smallest absolute Gasteiger partial charge is 0.414 e. The molecule has 0 unspecified atom stereocenters. The molecule has 1 aliphatic heterocycles. The summed E-state index contributed by atoms with van der Waals surface area (Å²) in [6.07, 6.45) is -0.0743. The summed E-state index contributed by atoms with van der Waals surface area (Å²) in [6.45, 7) is 0.369. The Bertz CT molecular complexity index is 324. The van der Waals surface area contributed by atoms with Gasteiger partial charge >= 0.3 is 6.09 Å². The minimum absolute atomic E-state index is 0.0833. The predicted molar refractivity (Wildman–Crippen MR) is 68.8 cm³/mol. The normalized spacial score (nSPS) is 12.7.